The number of aryl methyl sites for hydroxylation is 1. The van der Waals surface area contributed by atoms with Crippen molar-refractivity contribution in [1.82, 2.24) is 9.88 Å². The minimum absolute atomic E-state index is 0.0246. The van der Waals surface area contributed by atoms with Crippen molar-refractivity contribution >= 4 is 29.4 Å². The number of benzene rings is 2. The number of thiazole rings is 1. The molecule has 1 amide bonds. The molecule has 1 heterocycles. The van der Waals surface area contributed by atoms with Gasteiger partial charge < -0.3 is 14.4 Å². The quantitative estimate of drug-likeness (QED) is 0.503. The third kappa shape index (κ3) is 5.70. The summed E-state index contributed by atoms with van der Waals surface area (Å²) in [7, 11) is 3.40. The maximum absolute atomic E-state index is 11.8. The van der Waals surface area contributed by atoms with E-state index in [0.717, 1.165) is 21.8 Å². The molecule has 156 valence electrons. The summed E-state index contributed by atoms with van der Waals surface area (Å²) in [6, 6.07) is 14.0. The third-order valence-corrected chi connectivity index (χ3v) is 5.22. The molecule has 1 aromatic heterocycles. The van der Waals surface area contributed by atoms with Gasteiger partial charge in [-0.05, 0) is 37.6 Å². The molecule has 0 N–H and O–H groups in total. The lowest BCUT2D eigenvalue weighted by molar-refractivity contribution is -0.130. The zero-order chi connectivity index (χ0) is 21.5. The number of carbonyl (C=O) groups is 1. The Labute approximate surface area is 181 Å². The molecular weight excluding hydrogens is 396 g/mol. The van der Waals surface area contributed by atoms with Gasteiger partial charge in [-0.15, -0.1) is 11.3 Å². The standard InChI is InChI=1S/C24H26N2O3S/c1-5-28-22-14-18(8-12-21(22)29-15-24(27)26(3)4)9-13-23-25-20(16-30-23)19-10-6-17(2)7-11-19/h6-14,16H,5,15H2,1-4H3/b13-9+. The van der Waals surface area contributed by atoms with Crippen LogP contribution in [0.1, 0.15) is 23.1 Å². The Morgan fingerprint density at radius 3 is 2.53 bits per heavy atom. The van der Waals surface area contributed by atoms with Crippen molar-refractivity contribution in [2.75, 3.05) is 27.3 Å². The monoisotopic (exact) mass is 422 g/mol. The first kappa shape index (κ1) is 21.6. The van der Waals surface area contributed by atoms with E-state index in [9.17, 15) is 4.79 Å². The van der Waals surface area contributed by atoms with Crippen LogP contribution in [0.15, 0.2) is 47.8 Å². The van der Waals surface area contributed by atoms with Crippen LogP contribution in [0.5, 0.6) is 11.5 Å². The van der Waals surface area contributed by atoms with Gasteiger partial charge in [0.25, 0.3) is 5.91 Å². The summed E-state index contributed by atoms with van der Waals surface area (Å²) < 4.78 is 11.3. The van der Waals surface area contributed by atoms with Crippen LogP contribution in [0.2, 0.25) is 0 Å². The van der Waals surface area contributed by atoms with Crippen molar-refractivity contribution in [3.05, 3.63) is 64.0 Å². The Kier molecular flexibility index (Phi) is 7.25. The van der Waals surface area contributed by atoms with Crippen LogP contribution in [0, 0.1) is 6.92 Å². The largest absolute Gasteiger partial charge is 0.490 e. The van der Waals surface area contributed by atoms with E-state index >= 15 is 0 Å². The highest BCUT2D eigenvalue weighted by Gasteiger charge is 2.10. The molecule has 3 aromatic rings. The van der Waals surface area contributed by atoms with Crippen LogP contribution in [0.4, 0.5) is 0 Å². The lowest BCUT2D eigenvalue weighted by Gasteiger charge is -2.14. The van der Waals surface area contributed by atoms with Crippen LogP contribution in [-0.4, -0.2) is 43.1 Å². The van der Waals surface area contributed by atoms with Gasteiger partial charge in [-0.1, -0.05) is 42.0 Å². The predicted molar refractivity (Wildman–Crippen MR) is 123 cm³/mol. The van der Waals surface area contributed by atoms with Gasteiger partial charge in [0.1, 0.15) is 5.01 Å². The van der Waals surface area contributed by atoms with Crippen molar-refractivity contribution in [3.63, 3.8) is 0 Å². The number of hydrogen-bond donors (Lipinski definition) is 0. The van der Waals surface area contributed by atoms with Gasteiger partial charge in [0.15, 0.2) is 18.1 Å². The number of aromatic nitrogens is 1. The van der Waals surface area contributed by atoms with E-state index in [4.69, 9.17) is 14.5 Å². The highest BCUT2D eigenvalue weighted by molar-refractivity contribution is 7.10. The molecule has 30 heavy (non-hydrogen) atoms. The highest BCUT2D eigenvalue weighted by atomic mass is 32.1. The minimum atomic E-state index is -0.102. The molecule has 0 radical (unpaired) electrons. The number of likely N-dealkylation sites (N-methyl/N-ethyl adjacent to an activating group) is 1. The lowest BCUT2D eigenvalue weighted by Crippen LogP contribution is -2.27. The smallest absolute Gasteiger partial charge is 0.259 e. The molecule has 3 rings (SSSR count). The summed E-state index contributed by atoms with van der Waals surface area (Å²) in [5.41, 5.74) is 4.29. The van der Waals surface area contributed by atoms with Crippen LogP contribution in [0.25, 0.3) is 23.4 Å². The fourth-order valence-electron chi connectivity index (χ4n) is 2.67. The van der Waals surface area contributed by atoms with E-state index in [1.54, 1.807) is 25.4 Å². The predicted octanol–water partition coefficient (Wildman–Crippen LogP) is 5.15. The summed E-state index contributed by atoms with van der Waals surface area (Å²) in [4.78, 5) is 18.0. The van der Waals surface area contributed by atoms with E-state index in [0.29, 0.717) is 18.1 Å². The topological polar surface area (TPSA) is 51.7 Å². The fraction of sp³-hybridized carbons (Fsp3) is 0.250. The number of nitrogens with zero attached hydrogens (tertiary/aromatic N) is 2. The molecule has 0 aliphatic rings. The summed E-state index contributed by atoms with van der Waals surface area (Å²) >= 11 is 1.60. The SMILES string of the molecule is CCOc1cc(/C=C/c2nc(-c3ccc(C)cc3)cs2)ccc1OCC(=O)N(C)C. The second-order valence-electron chi connectivity index (χ2n) is 6.99. The maximum atomic E-state index is 11.8. The number of amides is 1. The first-order valence-corrected chi connectivity index (χ1v) is 10.6. The average molecular weight is 423 g/mol. The van der Waals surface area contributed by atoms with Gasteiger partial charge in [0.05, 0.1) is 12.3 Å². The van der Waals surface area contributed by atoms with Gasteiger partial charge >= 0.3 is 0 Å². The molecule has 2 aromatic carbocycles. The van der Waals surface area contributed by atoms with Gasteiger partial charge in [-0.3, -0.25) is 4.79 Å². The first-order valence-electron chi connectivity index (χ1n) is 9.76. The Balaban J connectivity index is 1.73. The molecule has 0 bridgehead atoms. The van der Waals surface area contributed by atoms with Crippen LogP contribution < -0.4 is 9.47 Å². The normalized spacial score (nSPS) is 10.9. The van der Waals surface area contributed by atoms with Gasteiger partial charge in [-0.2, -0.15) is 0 Å². The summed E-state index contributed by atoms with van der Waals surface area (Å²) in [5.74, 6) is 1.07. The molecular formula is C24H26N2O3S. The van der Waals surface area contributed by atoms with Crippen molar-refractivity contribution in [2.45, 2.75) is 13.8 Å². The van der Waals surface area contributed by atoms with Crippen LogP contribution in [0.3, 0.4) is 0 Å². The zero-order valence-corrected chi connectivity index (χ0v) is 18.5. The summed E-state index contributed by atoms with van der Waals surface area (Å²) in [6.45, 7) is 4.48. The first-order chi connectivity index (χ1) is 14.5. The summed E-state index contributed by atoms with van der Waals surface area (Å²) in [6.07, 6.45) is 3.98. The van der Waals surface area contributed by atoms with Crippen LogP contribution in [-0.2, 0) is 4.79 Å². The number of hydrogen-bond acceptors (Lipinski definition) is 5. The number of ether oxygens (including phenoxy) is 2. The lowest BCUT2D eigenvalue weighted by atomic mass is 10.1. The van der Waals surface area contributed by atoms with Gasteiger partial charge in [0, 0.05) is 25.0 Å². The molecule has 0 aliphatic carbocycles. The molecule has 6 heteroatoms. The fourth-order valence-corrected chi connectivity index (χ4v) is 3.39. The van der Waals surface area contributed by atoms with E-state index in [1.807, 2.05) is 37.3 Å². The molecule has 0 fully saturated rings. The Hall–Kier alpha value is -3.12. The minimum Gasteiger partial charge on any atom is -0.490 e. The number of rotatable bonds is 8. The van der Waals surface area contributed by atoms with Crippen molar-refractivity contribution in [1.29, 1.82) is 0 Å². The number of carbonyl (C=O) groups excluding carboxylic acids is 1. The van der Waals surface area contributed by atoms with E-state index in [2.05, 4.69) is 36.6 Å². The van der Waals surface area contributed by atoms with Gasteiger partial charge in [0.2, 0.25) is 0 Å². The molecule has 0 aliphatic heterocycles. The molecule has 0 atom stereocenters. The average Bonchev–Trinajstić information content (AvgIpc) is 3.21. The van der Waals surface area contributed by atoms with E-state index < -0.39 is 0 Å². The highest BCUT2D eigenvalue weighted by Crippen LogP contribution is 2.30. The van der Waals surface area contributed by atoms with Crippen molar-refractivity contribution in [2.24, 2.45) is 0 Å². The summed E-state index contributed by atoms with van der Waals surface area (Å²) in [5, 5.41) is 3.00. The molecule has 5 nitrogen and oxygen atoms in total. The molecule has 0 unspecified atom stereocenters. The van der Waals surface area contributed by atoms with Crippen LogP contribution >= 0.6 is 11.3 Å². The Morgan fingerprint density at radius 2 is 1.83 bits per heavy atom. The maximum Gasteiger partial charge on any atom is 0.259 e. The van der Waals surface area contributed by atoms with E-state index in [-0.39, 0.29) is 12.5 Å². The van der Waals surface area contributed by atoms with Crippen molar-refractivity contribution < 1.29 is 14.3 Å². The third-order valence-electron chi connectivity index (χ3n) is 4.41. The molecule has 0 spiro atoms. The van der Waals surface area contributed by atoms with Gasteiger partial charge in [-0.25, -0.2) is 4.98 Å². The molecule has 0 saturated carbocycles. The van der Waals surface area contributed by atoms with Crippen molar-refractivity contribution in [3.8, 4) is 22.8 Å². The molecule has 0 saturated heterocycles. The second-order valence-corrected chi connectivity index (χ2v) is 7.88. The second kappa shape index (κ2) is 10.1. The Bertz CT molecular complexity index is 1020. The van der Waals surface area contributed by atoms with E-state index in [1.165, 1.54) is 10.5 Å². The zero-order valence-electron chi connectivity index (χ0n) is 17.7. The Morgan fingerprint density at radius 1 is 1.07 bits per heavy atom.